The summed E-state index contributed by atoms with van der Waals surface area (Å²) >= 11 is 0. The van der Waals surface area contributed by atoms with Gasteiger partial charge in [-0.25, -0.2) is 12.8 Å². The molecule has 0 aliphatic carbocycles. The Balaban J connectivity index is 2.48. The molecule has 3 N–H and O–H groups in total. The standard InChI is InChI=1S/C14H12FN3O2S/c1-9-2-3-10(8-16)6-14(9)21(19,20)18-13-7-11(17)4-5-12(13)15/h2-7,18H,17H2,1H3. The smallest absolute Gasteiger partial charge is 0.262 e. The van der Waals surface area contributed by atoms with Crippen LogP contribution < -0.4 is 10.5 Å². The summed E-state index contributed by atoms with van der Waals surface area (Å²) in [4.78, 5) is -0.0802. The molecular weight excluding hydrogens is 293 g/mol. The van der Waals surface area contributed by atoms with Crippen molar-refractivity contribution >= 4 is 21.4 Å². The largest absolute Gasteiger partial charge is 0.399 e. The van der Waals surface area contributed by atoms with Gasteiger partial charge in [0.05, 0.1) is 22.2 Å². The van der Waals surface area contributed by atoms with Crippen molar-refractivity contribution in [3.63, 3.8) is 0 Å². The lowest BCUT2D eigenvalue weighted by atomic mass is 10.2. The van der Waals surface area contributed by atoms with Gasteiger partial charge in [-0.15, -0.1) is 0 Å². The Labute approximate surface area is 121 Å². The molecule has 0 spiro atoms. The number of nitrogens with two attached hydrogens (primary N) is 1. The fourth-order valence-electron chi connectivity index (χ4n) is 1.78. The summed E-state index contributed by atoms with van der Waals surface area (Å²) < 4.78 is 40.4. The average Bonchev–Trinajstić information content (AvgIpc) is 2.43. The zero-order chi connectivity index (χ0) is 15.6. The van der Waals surface area contributed by atoms with E-state index in [0.29, 0.717) is 5.56 Å². The van der Waals surface area contributed by atoms with Crippen molar-refractivity contribution in [2.24, 2.45) is 0 Å². The second kappa shape index (κ2) is 5.42. The average molecular weight is 305 g/mol. The molecule has 0 aliphatic rings. The highest BCUT2D eigenvalue weighted by Gasteiger charge is 2.19. The monoisotopic (exact) mass is 305 g/mol. The molecule has 0 bridgehead atoms. The molecule has 0 saturated heterocycles. The van der Waals surface area contributed by atoms with Crippen LogP contribution in [0.1, 0.15) is 11.1 Å². The molecule has 2 aromatic rings. The first-order chi connectivity index (χ1) is 9.83. The topological polar surface area (TPSA) is 96.0 Å². The van der Waals surface area contributed by atoms with Gasteiger partial charge in [0, 0.05) is 5.69 Å². The van der Waals surface area contributed by atoms with Gasteiger partial charge in [-0.1, -0.05) is 6.07 Å². The molecule has 2 aromatic carbocycles. The number of hydrogen-bond donors (Lipinski definition) is 2. The van der Waals surface area contributed by atoms with Crippen molar-refractivity contribution in [1.29, 1.82) is 5.26 Å². The molecule has 0 aromatic heterocycles. The van der Waals surface area contributed by atoms with Crippen molar-refractivity contribution < 1.29 is 12.8 Å². The maximum absolute atomic E-state index is 13.6. The number of nitriles is 1. The molecule has 5 nitrogen and oxygen atoms in total. The zero-order valence-electron chi connectivity index (χ0n) is 11.1. The van der Waals surface area contributed by atoms with E-state index in [4.69, 9.17) is 11.0 Å². The molecule has 0 heterocycles. The van der Waals surface area contributed by atoms with Crippen LogP contribution >= 0.6 is 0 Å². The van der Waals surface area contributed by atoms with Crippen LogP contribution in [0.4, 0.5) is 15.8 Å². The van der Waals surface area contributed by atoms with Crippen molar-refractivity contribution in [2.45, 2.75) is 11.8 Å². The Bertz CT molecular complexity index is 842. The van der Waals surface area contributed by atoms with E-state index in [1.807, 2.05) is 6.07 Å². The Hall–Kier alpha value is -2.59. The van der Waals surface area contributed by atoms with Crippen molar-refractivity contribution in [3.8, 4) is 6.07 Å². The molecule has 0 radical (unpaired) electrons. The molecule has 0 unspecified atom stereocenters. The van der Waals surface area contributed by atoms with Crippen LogP contribution in [0, 0.1) is 24.1 Å². The minimum Gasteiger partial charge on any atom is -0.399 e. The summed E-state index contributed by atoms with van der Waals surface area (Å²) in [6.07, 6.45) is 0. The molecule has 7 heteroatoms. The molecule has 0 fully saturated rings. The van der Waals surface area contributed by atoms with Gasteiger partial charge in [-0.3, -0.25) is 4.72 Å². The van der Waals surface area contributed by atoms with E-state index in [2.05, 4.69) is 4.72 Å². The van der Waals surface area contributed by atoms with E-state index < -0.39 is 15.8 Å². The Morgan fingerprint density at radius 2 is 1.95 bits per heavy atom. The number of nitrogens with zero attached hydrogens (tertiary/aromatic N) is 1. The number of nitrogen functional groups attached to an aromatic ring is 1. The first-order valence-corrected chi connectivity index (χ1v) is 7.40. The molecule has 2 rings (SSSR count). The maximum Gasteiger partial charge on any atom is 0.262 e. The SMILES string of the molecule is Cc1ccc(C#N)cc1S(=O)(=O)Nc1cc(N)ccc1F. The van der Waals surface area contributed by atoms with Gasteiger partial charge in [-0.05, 0) is 42.8 Å². The quantitative estimate of drug-likeness (QED) is 0.851. The Morgan fingerprint density at radius 1 is 1.24 bits per heavy atom. The molecule has 0 aliphatic heterocycles. The normalized spacial score (nSPS) is 10.9. The van der Waals surface area contributed by atoms with E-state index >= 15 is 0 Å². The van der Waals surface area contributed by atoms with Gasteiger partial charge in [0.2, 0.25) is 0 Å². The number of anilines is 2. The van der Waals surface area contributed by atoms with E-state index in [1.165, 1.54) is 30.3 Å². The minimum atomic E-state index is -4.01. The number of sulfonamides is 1. The Kier molecular flexibility index (Phi) is 3.82. The third kappa shape index (κ3) is 3.12. The number of rotatable bonds is 3. The van der Waals surface area contributed by atoms with Crippen LogP contribution in [0.25, 0.3) is 0 Å². The van der Waals surface area contributed by atoms with Crippen LogP contribution in [-0.2, 0) is 10.0 Å². The summed E-state index contributed by atoms with van der Waals surface area (Å²) in [6.45, 7) is 1.59. The number of nitrogens with one attached hydrogen (secondary N) is 1. The lowest BCUT2D eigenvalue weighted by Gasteiger charge is -2.11. The van der Waals surface area contributed by atoms with Crippen molar-refractivity contribution in [2.75, 3.05) is 10.5 Å². The molecule has 21 heavy (non-hydrogen) atoms. The predicted molar refractivity (Wildman–Crippen MR) is 77.5 cm³/mol. The van der Waals surface area contributed by atoms with E-state index in [9.17, 15) is 12.8 Å². The van der Waals surface area contributed by atoms with E-state index in [0.717, 1.165) is 6.07 Å². The number of halogens is 1. The third-order valence-electron chi connectivity index (χ3n) is 2.84. The molecule has 0 saturated carbocycles. The number of hydrogen-bond acceptors (Lipinski definition) is 4. The van der Waals surface area contributed by atoms with Gasteiger partial charge in [0.15, 0.2) is 0 Å². The summed E-state index contributed by atoms with van der Waals surface area (Å²) in [5, 5.41) is 8.85. The zero-order valence-corrected chi connectivity index (χ0v) is 11.9. The number of benzene rings is 2. The Morgan fingerprint density at radius 3 is 2.62 bits per heavy atom. The summed E-state index contributed by atoms with van der Waals surface area (Å²) in [5.74, 6) is -0.734. The highest BCUT2D eigenvalue weighted by molar-refractivity contribution is 7.92. The van der Waals surface area contributed by atoms with Crippen molar-refractivity contribution in [3.05, 3.63) is 53.3 Å². The van der Waals surface area contributed by atoms with Gasteiger partial charge in [-0.2, -0.15) is 5.26 Å². The highest BCUT2D eigenvalue weighted by Crippen LogP contribution is 2.23. The van der Waals surface area contributed by atoms with Gasteiger partial charge < -0.3 is 5.73 Å². The molecular formula is C14H12FN3O2S. The van der Waals surface area contributed by atoms with Gasteiger partial charge in [0.1, 0.15) is 5.82 Å². The van der Waals surface area contributed by atoms with Gasteiger partial charge >= 0.3 is 0 Å². The maximum atomic E-state index is 13.6. The lowest BCUT2D eigenvalue weighted by Crippen LogP contribution is -2.15. The lowest BCUT2D eigenvalue weighted by molar-refractivity contribution is 0.598. The van der Waals surface area contributed by atoms with Crippen LogP contribution in [0.15, 0.2) is 41.3 Å². The van der Waals surface area contributed by atoms with Gasteiger partial charge in [0.25, 0.3) is 10.0 Å². The molecule has 0 amide bonds. The summed E-state index contributed by atoms with van der Waals surface area (Å²) in [5.41, 5.74) is 6.16. The number of aryl methyl sites for hydroxylation is 1. The fraction of sp³-hybridized carbons (Fsp3) is 0.0714. The minimum absolute atomic E-state index is 0.0802. The van der Waals surface area contributed by atoms with E-state index in [-0.39, 0.29) is 21.8 Å². The van der Waals surface area contributed by atoms with E-state index in [1.54, 1.807) is 6.92 Å². The van der Waals surface area contributed by atoms with Crippen LogP contribution in [0.2, 0.25) is 0 Å². The summed E-state index contributed by atoms with van der Waals surface area (Å²) in [6, 6.07) is 9.72. The highest BCUT2D eigenvalue weighted by atomic mass is 32.2. The fourth-order valence-corrected chi connectivity index (χ4v) is 3.11. The predicted octanol–water partition coefficient (Wildman–Crippen LogP) is 2.39. The van der Waals surface area contributed by atoms with Crippen LogP contribution in [-0.4, -0.2) is 8.42 Å². The van der Waals surface area contributed by atoms with Crippen molar-refractivity contribution in [1.82, 2.24) is 0 Å². The second-order valence-corrected chi connectivity index (χ2v) is 6.09. The second-order valence-electron chi connectivity index (χ2n) is 4.44. The third-order valence-corrected chi connectivity index (χ3v) is 4.35. The van der Waals surface area contributed by atoms with Crippen LogP contribution in [0.3, 0.4) is 0 Å². The first-order valence-electron chi connectivity index (χ1n) is 5.92. The molecule has 108 valence electrons. The molecule has 0 atom stereocenters. The summed E-state index contributed by atoms with van der Waals surface area (Å²) in [7, 11) is -4.01. The van der Waals surface area contributed by atoms with Crippen LogP contribution in [0.5, 0.6) is 0 Å². The first kappa shape index (κ1) is 14.8.